The Hall–Kier alpha value is -1.52. The second kappa shape index (κ2) is 3.92. The third kappa shape index (κ3) is 2.49. The van der Waals surface area contributed by atoms with Crippen LogP contribution in [0.15, 0.2) is 24.3 Å². The molecule has 0 saturated heterocycles. The second-order valence-corrected chi connectivity index (χ2v) is 3.21. The molecule has 0 saturated carbocycles. The predicted molar refractivity (Wildman–Crippen MR) is 49.1 cm³/mol. The van der Waals surface area contributed by atoms with Crippen LogP contribution in [0.1, 0.15) is 24.0 Å². The van der Waals surface area contributed by atoms with Crippen molar-refractivity contribution in [3.05, 3.63) is 35.4 Å². The van der Waals surface area contributed by atoms with Crippen LogP contribution in [0.5, 0.6) is 0 Å². The monoisotopic (exact) mass is 217 g/mol. The summed E-state index contributed by atoms with van der Waals surface area (Å²) < 4.78 is 37.6. The fourth-order valence-corrected chi connectivity index (χ4v) is 1.29. The van der Waals surface area contributed by atoms with Crippen LogP contribution in [0.4, 0.5) is 13.2 Å². The zero-order valence-electron chi connectivity index (χ0n) is 8.01. The molecule has 0 heterocycles. The molecule has 0 aromatic heterocycles. The van der Waals surface area contributed by atoms with Crippen LogP contribution in [-0.4, -0.2) is 5.91 Å². The van der Waals surface area contributed by atoms with Gasteiger partial charge in [0.2, 0.25) is 5.91 Å². The molecule has 0 aliphatic carbocycles. The first-order valence-electron chi connectivity index (χ1n) is 4.29. The molecule has 1 aromatic rings. The van der Waals surface area contributed by atoms with Gasteiger partial charge >= 0.3 is 6.18 Å². The minimum absolute atomic E-state index is 0.0856. The van der Waals surface area contributed by atoms with Gasteiger partial charge in [0, 0.05) is 0 Å². The molecule has 82 valence electrons. The number of benzene rings is 1. The molecule has 1 atom stereocenters. The lowest BCUT2D eigenvalue weighted by Crippen LogP contribution is -2.21. The molecule has 1 aromatic carbocycles. The Morgan fingerprint density at radius 2 is 1.87 bits per heavy atom. The normalized spacial score (nSPS) is 13.6. The van der Waals surface area contributed by atoms with E-state index in [0.717, 1.165) is 6.07 Å². The third-order valence-corrected chi connectivity index (χ3v) is 2.16. The quantitative estimate of drug-likeness (QED) is 0.811. The maximum atomic E-state index is 12.5. The standard InChI is InChI=1S/C10H10F3NO/c1-6(9(14)15)7-4-2-3-5-8(7)10(11,12)13/h2-6H,1H3,(H2,14,15). The summed E-state index contributed by atoms with van der Waals surface area (Å²) in [6.45, 7) is 1.35. The van der Waals surface area contributed by atoms with Gasteiger partial charge in [-0.05, 0) is 18.6 Å². The summed E-state index contributed by atoms with van der Waals surface area (Å²) in [4.78, 5) is 10.8. The van der Waals surface area contributed by atoms with Gasteiger partial charge in [-0.15, -0.1) is 0 Å². The van der Waals surface area contributed by atoms with Gasteiger partial charge in [-0.3, -0.25) is 4.79 Å². The summed E-state index contributed by atoms with van der Waals surface area (Å²) in [5.41, 5.74) is 4.08. The number of primary amides is 1. The van der Waals surface area contributed by atoms with Crippen LogP contribution in [-0.2, 0) is 11.0 Å². The number of hydrogen-bond acceptors (Lipinski definition) is 1. The molecule has 0 aliphatic rings. The van der Waals surface area contributed by atoms with E-state index >= 15 is 0 Å². The molecule has 2 nitrogen and oxygen atoms in total. The summed E-state index contributed by atoms with van der Waals surface area (Å²) in [6.07, 6.45) is -4.46. The molecule has 0 aliphatic heterocycles. The second-order valence-electron chi connectivity index (χ2n) is 3.21. The van der Waals surface area contributed by atoms with Crippen LogP contribution in [0, 0.1) is 0 Å². The smallest absolute Gasteiger partial charge is 0.369 e. The highest BCUT2D eigenvalue weighted by Crippen LogP contribution is 2.34. The highest BCUT2D eigenvalue weighted by atomic mass is 19.4. The number of nitrogens with two attached hydrogens (primary N) is 1. The van der Waals surface area contributed by atoms with Crippen molar-refractivity contribution >= 4 is 5.91 Å². The predicted octanol–water partition coefficient (Wildman–Crippen LogP) is 2.29. The van der Waals surface area contributed by atoms with Crippen LogP contribution >= 0.6 is 0 Å². The SMILES string of the molecule is CC(C(N)=O)c1ccccc1C(F)(F)F. The molecule has 1 rings (SSSR count). The van der Waals surface area contributed by atoms with E-state index < -0.39 is 23.6 Å². The van der Waals surface area contributed by atoms with Gasteiger partial charge in [0.15, 0.2) is 0 Å². The lowest BCUT2D eigenvalue weighted by Gasteiger charge is -2.15. The Morgan fingerprint density at radius 3 is 2.33 bits per heavy atom. The van der Waals surface area contributed by atoms with E-state index in [1.54, 1.807) is 0 Å². The van der Waals surface area contributed by atoms with E-state index in [9.17, 15) is 18.0 Å². The largest absolute Gasteiger partial charge is 0.416 e. The molecule has 5 heteroatoms. The van der Waals surface area contributed by atoms with Crippen LogP contribution in [0.25, 0.3) is 0 Å². The first-order valence-corrected chi connectivity index (χ1v) is 4.29. The van der Waals surface area contributed by atoms with Gasteiger partial charge in [-0.1, -0.05) is 18.2 Å². The fourth-order valence-electron chi connectivity index (χ4n) is 1.29. The van der Waals surface area contributed by atoms with Crippen molar-refractivity contribution in [3.63, 3.8) is 0 Å². The number of rotatable bonds is 2. The number of amides is 1. The van der Waals surface area contributed by atoms with E-state index in [4.69, 9.17) is 5.73 Å². The van der Waals surface area contributed by atoms with Crippen molar-refractivity contribution in [1.82, 2.24) is 0 Å². The number of carbonyl (C=O) groups excluding carboxylic acids is 1. The minimum atomic E-state index is -4.46. The summed E-state index contributed by atoms with van der Waals surface area (Å²) in [7, 11) is 0. The summed E-state index contributed by atoms with van der Waals surface area (Å²) in [6, 6.07) is 4.93. The molecule has 1 unspecified atom stereocenters. The van der Waals surface area contributed by atoms with Crippen LogP contribution in [0.2, 0.25) is 0 Å². The number of halogens is 3. The van der Waals surface area contributed by atoms with E-state index in [0.29, 0.717) is 0 Å². The molecule has 2 N–H and O–H groups in total. The highest BCUT2D eigenvalue weighted by molar-refractivity contribution is 5.81. The maximum absolute atomic E-state index is 12.5. The molecular weight excluding hydrogens is 207 g/mol. The fraction of sp³-hybridized carbons (Fsp3) is 0.300. The number of alkyl halides is 3. The average Bonchev–Trinajstić information content (AvgIpc) is 2.15. The Kier molecular flexibility index (Phi) is 3.02. The van der Waals surface area contributed by atoms with Crippen molar-refractivity contribution in [2.45, 2.75) is 19.0 Å². The van der Waals surface area contributed by atoms with Gasteiger partial charge in [0.1, 0.15) is 0 Å². The van der Waals surface area contributed by atoms with Crippen molar-refractivity contribution in [1.29, 1.82) is 0 Å². The Bertz CT molecular complexity index is 373. The summed E-state index contributed by atoms with van der Waals surface area (Å²) >= 11 is 0. The van der Waals surface area contributed by atoms with Gasteiger partial charge in [0.25, 0.3) is 0 Å². The molecule has 0 spiro atoms. The van der Waals surface area contributed by atoms with Gasteiger partial charge in [0.05, 0.1) is 11.5 Å². The zero-order chi connectivity index (χ0) is 11.6. The summed E-state index contributed by atoms with van der Waals surface area (Å²) in [5.74, 6) is -1.71. The van der Waals surface area contributed by atoms with Gasteiger partial charge in [-0.2, -0.15) is 13.2 Å². The van der Waals surface area contributed by atoms with E-state index in [1.807, 2.05) is 0 Å². The summed E-state index contributed by atoms with van der Waals surface area (Å²) in [5, 5.41) is 0. The molecule has 15 heavy (non-hydrogen) atoms. The lowest BCUT2D eigenvalue weighted by atomic mass is 9.95. The van der Waals surface area contributed by atoms with Crippen LogP contribution in [0.3, 0.4) is 0 Å². The first kappa shape index (κ1) is 11.6. The minimum Gasteiger partial charge on any atom is -0.369 e. The van der Waals surface area contributed by atoms with E-state index in [2.05, 4.69) is 0 Å². The molecule has 1 amide bonds. The number of hydrogen-bond donors (Lipinski definition) is 1. The van der Waals surface area contributed by atoms with E-state index in [-0.39, 0.29) is 5.56 Å². The molecule has 0 radical (unpaired) electrons. The lowest BCUT2D eigenvalue weighted by molar-refractivity contribution is -0.138. The van der Waals surface area contributed by atoms with Crippen molar-refractivity contribution < 1.29 is 18.0 Å². The molecule has 0 fully saturated rings. The van der Waals surface area contributed by atoms with Crippen molar-refractivity contribution in [3.8, 4) is 0 Å². The first-order chi connectivity index (χ1) is 6.84. The number of carbonyl (C=O) groups is 1. The third-order valence-electron chi connectivity index (χ3n) is 2.16. The Morgan fingerprint density at radius 1 is 1.33 bits per heavy atom. The Labute approximate surface area is 84.9 Å². The van der Waals surface area contributed by atoms with Gasteiger partial charge < -0.3 is 5.73 Å². The molecular formula is C10H10F3NO. The van der Waals surface area contributed by atoms with Crippen LogP contribution < -0.4 is 5.73 Å². The highest BCUT2D eigenvalue weighted by Gasteiger charge is 2.34. The van der Waals surface area contributed by atoms with Crippen molar-refractivity contribution in [2.24, 2.45) is 5.73 Å². The van der Waals surface area contributed by atoms with E-state index in [1.165, 1.54) is 25.1 Å². The topological polar surface area (TPSA) is 43.1 Å². The molecule has 0 bridgehead atoms. The zero-order valence-corrected chi connectivity index (χ0v) is 8.01. The van der Waals surface area contributed by atoms with Crippen molar-refractivity contribution in [2.75, 3.05) is 0 Å². The van der Waals surface area contributed by atoms with Gasteiger partial charge in [-0.25, -0.2) is 0 Å². The Balaban J connectivity index is 3.24. The average molecular weight is 217 g/mol. The maximum Gasteiger partial charge on any atom is 0.416 e.